The van der Waals surface area contributed by atoms with Crippen LogP contribution in [-0.4, -0.2) is 24.8 Å². The number of anilines is 1. The van der Waals surface area contributed by atoms with E-state index in [0.717, 1.165) is 25.1 Å². The molecule has 1 aromatic rings. The van der Waals surface area contributed by atoms with Crippen molar-refractivity contribution in [3.63, 3.8) is 0 Å². The molecule has 5 heteroatoms. The van der Waals surface area contributed by atoms with Crippen molar-refractivity contribution in [2.24, 2.45) is 0 Å². The quantitative estimate of drug-likeness (QED) is 0.834. The lowest BCUT2D eigenvalue weighted by molar-refractivity contribution is 0.0636. The fourth-order valence-electron chi connectivity index (χ4n) is 2.88. The van der Waals surface area contributed by atoms with Crippen molar-refractivity contribution in [1.82, 2.24) is 5.32 Å². The summed E-state index contributed by atoms with van der Waals surface area (Å²) in [5.41, 5.74) is 1.46. The lowest BCUT2D eigenvalue weighted by Gasteiger charge is -2.47. The Bertz CT molecular complexity index is 559. The molecule has 0 aromatic heterocycles. The topological polar surface area (TPSA) is 59.6 Å². The molecule has 1 saturated heterocycles. The number of nitrogens with one attached hydrogen (secondary N) is 2. The van der Waals surface area contributed by atoms with Gasteiger partial charge >= 0.3 is 6.09 Å². The van der Waals surface area contributed by atoms with Gasteiger partial charge in [0, 0.05) is 23.7 Å². The van der Waals surface area contributed by atoms with Gasteiger partial charge in [-0.2, -0.15) is 0 Å². The van der Waals surface area contributed by atoms with Crippen molar-refractivity contribution in [1.29, 1.82) is 0 Å². The first-order valence-corrected chi connectivity index (χ1v) is 7.40. The molecule has 1 atom stereocenters. The summed E-state index contributed by atoms with van der Waals surface area (Å²) in [4.78, 5) is 11.8. The molecule has 0 unspecified atom stereocenters. The minimum absolute atomic E-state index is 0.0814. The number of hydrogen-bond donors (Lipinski definition) is 2. The number of benzene rings is 1. The Balaban J connectivity index is 1.76. The Kier molecular flexibility index (Phi) is 3.32. The minimum atomic E-state index is -0.505. The second-order valence-corrected chi connectivity index (χ2v) is 6.70. The highest BCUT2D eigenvalue weighted by atomic mass is 16.6. The van der Waals surface area contributed by atoms with Gasteiger partial charge < -0.3 is 14.8 Å². The first-order valence-electron chi connectivity index (χ1n) is 7.40. The molecule has 0 saturated carbocycles. The van der Waals surface area contributed by atoms with Gasteiger partial charge in [-0.05, 0) is 39.8 Å². The summed E-state index contributed by atoms with van der Waals surface area (Å²) in [5, 5.41) is 6.27. The van der Waals surface area contributed by atoms with E-state index in [2.05, 4.69) is 10.6 Å². The molecule has 0 aliphatic carbocycles. The zero-order valence-corrected chi connectivity index (χ0v) is 12.8. The Morgan fingerprint density at radius 1 is 1.38 bits per heavy atom. The van der Waals surface area contributed by atoms with Gasteiger partial charge in [0.25, 0.3) is 0 Å². The van der Waals surface area contributed by atoms with Crippen LogP contribution < -0.4 is 15.4 Å². The van der Waals surface area contributed by atoms with Crippen LogP contribution in [0.4, 0.5) is 10.5 Å². The van der Waals surface area contributed by atoms with Gasteiger partial charge in [-0.15, -0.1) is 0 Å². The van der Waals surface area contributed by atoms with E-state index in [-0.39, 0.29) is 5.54 Å². The molecule has 1 fully saturated rings. The lowest BCUT2D eigenvalue weighted by Crippen LogP contribution is -2.56. The zero-order valence-electron chi connectivity index (χ0n) is 12.8. The van der Waals surface area contributed by atoms with Gasteiger partial charge in [-0.1, -0.05) is 6.07 Å². The first-order chi connectivity index (χ1) is 9.88. The fraction of sp³-hybridized carbons (Fsp3) is 0.562. The molecule has 2 aliphatic rings. The predicted molar refractivity (Wildman–Crippen MR) is 80.7 cm³/mol. The molecular formula is C16H22N2O3. The maximum absolute atomic E-state index is 11.8. The van der Waals surface area contributed by atoms with Gasteiger partial charge in [0.1, 0.15) is 11.4 Å². The van der Waals surface area contributed by atoms with E-state index < -0.39 is 11.7 Å². The van der Waals surface area contributed by atoms with Crippen molar-refractivity contribution in [2.75, 3.05) is 18.5 Å². The van der Waals surface area contributed by atoms with Crippen molar-refractivity contribution >= 4 is 11.8 Å². The van der Waals surface area contributed by atoms with Gasteiger partial charge in [-0.3, -0.25) is 5.32 Å². The highest BCUT2D eigenvalue weighted by molar-refractivity contribution is 5.85. The molecule has 5 nitrogen and oxygen atoms in total. The lowest BCUT2D eigenvalue weighted by atomic mass is 9.76. The molecule has 2 heterocycles. The van der Waals surface area contributed by atoms with E-state index in [1.807, 2.05) is 39.0 Å². The summed E-state index contributed by atoms with van der Waals surface area (Å²) in [5.74, 6) is 0.849. The third-order valence-corrected chi connectivity index (χ3v) is 3.94. The first kappa shape index (κ1) is 14.2. The second kappa shape index (κ2) is 4.91. The number of ether oxygens (including phenoxy) is 2. The monoisotopic (exact) mass is 290 g/mol. The summed E-state index contributed by atoms with van der Waals surface area (Å²) in [7, 11) is 0. The van der Waals surface area contributed by atoms with Crippen LogP contribution in [0.2, 0.25) is 0 Å². The standard InChI is InChI=1S/C16H22N2O3/c1-15(2,3)21-14(19)18-11-4-5-12-13(10-11)20-9-7-16(12)6-8-17-16/h4-5,10,17H,6-9H2,1-3H3,(H,18,19)/t16-/m1/s1. The molecule has 1 aromatic carbocycles. The van der Waals surface area contributed by atoms with Crippen LogP contribution >= 0.6 is 0 Å². The van der Waals surface area contributed by atoms with Crippen LogP contribution in [0, 0.1) is 0 Å². The number of hydrogen-bond acceptors (Lipinski definition) is 4. The Hall–Kier alpha value is -1.75. The third-order valence-electron chi connectivity index (χ3n) is 3.94. The van der Waals surface area contributed by atoms with Crippen LogP contribution in [0.15, 0.2) is 18.2 Å². The number of carbonyl (C=O) groups is 1. The molecule has 1 amide bonds. The molecule has 3 rings (SSSR count). The third kappa shape index (κ3) is 2.83. The predicted octanol–water partition coefficient (Wildman–Crippen LogP) is 3.00. The van der Waals surface area contributed by atoms with Crippen LogP contribution in [0.5, 0.6) is 5.75 Å². The summed E-state index contributed by atoms with van der Waals surface area (Å²) >= 11 is 0. The zero-order chi connectivity index (χ0) is 15.1. The largest absolute Gasteiger partial charge is 0.493 e. The molecular weight excluding hydrogens is 268 g/mol. The number of carbonyl (C=O) groups excluding carboxylic acids is 1. The highest BCUT2D eigenvalue weighted by Gasteiger charge is 2.42. The SMILES string of the molecule is CC(C)(C)OC(=O)Nc1ccc2c(c1)OCC[C@]21CCN1. The molecule has 1 spiro atoms. The van der Waals surface area contributed by atoms with Crippen molar-refractivity contribution in [3.8, 4) is 5.75 Å². The summed E-state index contributed by atoms with van der Waals surface area (Å²) < 4.78 is 11.0. The van der Waals surface area contributed by atoms with Crippen molar-refractivity contribution < 1.29 is 14.3 Å². The average Bonchev–Trinajstić information content (AvgIpc) is 2.33. The number of amides is 1. The minimum Gasteiger partial charge on any atom is -0.493 e. The van der Waals surface area contributed by atoms with E-state index in [9.17, 15) is 4.79 Å². The van der Waals surface area contributed by atoms with Crippen LogP contribution in [0.25, 0.3) is 0 Å². The summed E-state index contributed by atoms with van der Waals surface area (Å²) in [6.07, 6.45) is 1.69. The maximum atomic E-state index is 11.8. The van der Waals surface area contributed by atoms with Crippen LogP contribution in [-0.2, 0) is 10.3 Å². The second-order valence-electron chi connectivity index (χ2n) is 6.70. The fourth-order valence-corrected chi connectivity index (χ4v) is 2.88. The van der Waals surface area contributed by atoms with Gasteiger partial charge in [0.2, 0.25) is 0 Å². The smallest absolute Gasteiger partial charge is 0.412 e. The van der Waals surface area contributed by atoms with E-state index in [1.54, 1.807) is 0 Å². The summed E-state index contributed by atoms with van der Waals surface area (Å²) in [6, 6.07) is 5.81. The van der Waals surface area contributed by atoms with Crippen molar-refractivity contribution in [2.45, 2.75) is 44.8 Å². The Labute approximate surface area is 125 Å². The van der Waals surface area contributed by atoms with Gasteiger partial charge in [0.05, 0.1) is 12.1 Å². The van der Waals surface area contributed by atoms with Crippen LogP contribution in [0.1, 0.15) is 39.2 Å². The molecule has 21 heavy (non-hydrogen) atoms. The van der Waals surface area contributed by atoms with Crippen molar-refractivity contribution in [3.05, 3.63) is 23.8 Å². The molecule has 0 bridgehead atoms. The van der Waals surface area contributed by atoms with Gasteiger partial charge in [0.15, 0.2) is 0 Å². The normalized spacial score (nSPS) is 23.8. The summed E-state index contributed by atoms with van der Waals surface area (Å²) in [6.45, 7) is 7.28. The number of rotatable bonds is 1. The molecule has 2 N–H and O–H groups in total. The van der Waals surface area contributed by atoms with E-state index >= 15 is 0 Å². The maximum Gasteiger partial charge on any atom is 0.412 e. The molecule has 2 aliphatic heterocycles. The Morgan fingerprint density at radius 3 is 2.76 bits per heavy atom. The van der Waals surface area contributed by atoms with Gasteiger partial charge in [-0.25, -0.2) is 4.79 Å². The molecule has 0 radical (unpaired) electrons. The van der Waals surface area contributed by atoms with E-state index in [0.29, 0.717) is 12.3 Å². The van der Waals surface area contributed by atoms with Crippen LogP contribution in [0.3, 0.4) is 0 Å². The van der Waals surface area contributed by atoms with E-state index in [1.165, 1.54) is 5.56 Å². The highest BCUT2D eigenvalue weighted by Crippen LogP contribution is 2.43. The Morgan fingerprint density at radius 2 is 2.14 bits per heavy atom. The molecule has 114 valence electrons. The number of fused-ring (bicyclic) bond motifs is 2. The average molecular weight is 290 g/mol. The van der Waals surface area contributed by atoms with E-state index in [4.69, 9.17) is 9.47 Å².